The summed E-state index contributed by atoms with van der Waals surface area (Å²) < 4.78 is 6.06. The van der Waals surface area contributed by atoms with Crippen LogP contribution in [-0.2, 0) is 4.74 Å². The Bertz CT molecular complexity index is 437. The first kappa shape index (κ1) is 13.1. The normalized spacial score (nSPS) is 29.2. The molecule has 3 atom stereocenters. The Balaban J connectivity index is 1.75. The minimum atomic E-state index is 0.0708. The fourth-order valence-electron chi connectivity index (χ4n) is 3.33. The van der Waals surface area contributed by atoms with E-state index in [-0.39, 0.29) is 12.1 Å². The van der Waals surface area contributed by atoms with Crippen molar-refractivity contribution in [1.29, 1.82) is 0 Å². The molecule has 1 aromatic rings. The summed E-state index contributed by atoms with van der Waals surface area (Å²) in [6.07, 6.45) is 2.71. The van der Waals surface area contributed by atoms with E-state index >= 15 is 0 Å². The molecule has 2 heterocycles. The maximum atomic E-state index is 6.06. The number of nitrogens with one attached hydrogen (secondary N) is 1. The SMILES string of the molecule is Cc1cccc(C(NN)C2CN3CCCC3CO2)c1. The molecule has 0 radical (unpaired) electrons. The summed E-state index contributed by atoms with van der Waals surface area (Å²) in [4.78, 5) is 2.55. The molecule has 3 rings (SSSR count). The predicted octanol–water partition coefficient (Wildman–Crippen LogP) is 1.36. The summed E-state index contributed by atoms with van der Waals surface area (Å²) >= 11 is 0. The van der Waals surface area contributed by atoms with Crippen LogP contribution >= 0.6 is 0 Å². The van der Waals surface area contributed by atoms with E-state index in [2.05, 4.69) is 41.5 Å². The van der Waals surface area contributed by atoms with Gasteiger partial charge in [-0.05, 0) is 31.9 Å². The molecular weight excluding hydrogens is 238 g/mol. The second kappa shape index (κ2) is 5.59. The monoisotopic (exact) mass is 261 g/mol. The van der Waals surface area contributed by atoms with Crippen LogP contribution in [0.15, 0.2) is 24.3 Å². The molecule has 0 amide bonds. The van der Waals surface area contributed by atoms with Crippen molar-refractivity contribution in [3.63, 3.8) is 0 Å². The van der Waals surface area contributed by atoms with Gasteiger partial charge in [0.1, 0.15) is 0 Å². The molecule has 2 saturated heterocycles. The molecule has 4 heteroatoms. The zero-order valence-electron chi connectivity index (χ0n) is 11.5. The standard InChI is InChI=1S/C15H23N3O/c1-11-4-2-5-12(8-11)15(17-16)14-9-18-7-3-6-13(18)10-19-14/h2,4-5,8,13-15,17H,3,6-7,9-10,16H2,1H3. The van der Waals surface area contributed by atoms with Crippen LogP contribution in [0.3, 0.4) is 0 Å². The van der Waals surface area contributed by atoms with E-state index in [1.54, 1.807) is 0 Å². The van der Waals surface area contributed by atoms with Crippen LogP contribution in [0.25, 0.3) is 0 Å². The van der Waals surface area contributed by atoms with Crippen LogP contribution < -0.4 is 11.3 Å². The number of benzene rings is 1. The Morgan fingerprint density at radius 1 is 1.47 bits per heavy atom. The quantitative estimate of drug-likeness (QED) is 0.637. The van der Waals surface area contributed by atoms with Crippen LogP contribution in [0.2, 0.25) is 0 Å². The van der Waals surface area contributed by atoms with Crippen molar-refractivity contribution >= 4 is 0 Å². The van der Waals surface area contributed by atoms with Gasteiger partial charge in [-0.15, -0.1) is 0 Å². The minimum Gasteiger partial charge on any atom is -0.373 e. The highest BCUT2D eigenvalue weighted by Gasteiger charge is 2.35. The molecule has 2 aliphatic heterocycles. The lowest BCUT2D eigenvalue weighted by atomic mass is 9.98. The Hall–Kier alpha value is -0.940. The smallest absolute Gasteiger partial charge is 0.0910 e. The highest BCUT2D eigenvalue weighted by molar-refractivity contribution is 5.26. The molecule has 0 aromatic heterocycles. The van der Waals surface area contributed by atoms with Gasteiger partial charge in [-0.3, -0.25) is 16.2 Å². The average molecular weight is 261 g/mol. The Labute approximate surface area is 114 Å². The summed E-state index contributed by atoms with van der Waals surface area (Å²) in [7, 11) is 0. The number of nitrogens with zero attached hydrogens (tertiary/aromatic N) is 1. The Kier molecular flexibility index (Phi) is 3.84. The molecule has 19 heavy (non-hydrogen) atoms. The first-order valence-electron chi connectivity index (χ1n) is 7.16. The van der Waals surface area contributed by atoms with Crippen molar-refractivity contribution in [3.05, 3.63) is 35.4 Å². The van der Waals surface area contributed by atoms with E-state index in [1.165, 1.54) is 30.5 Å². The van der Waals surface area contributed by atoms with Crippen molar-refractivity contribution in [2.24, 2.45) is 5.84 Å². The zero-order chi connectivity index (χ0) is 13.2. The topological polar surface area (TPSA) is 50.5 Å². The van der Waals surface area contributed by atoms with Crippen molar-refractivity contribution in [2.75, 3.05) is 19.7 Å². The van der Waals surface area contributed by atoms with Crippen LogP contribution in [-0.4, -0.2) is 36.7 Å². The molecule has 2 fully saturated rings. The fourth-order valence-corrected chi connectivity index (χ4v) is 3.33. The number of fused-ring (bicyclic) bond motifs is 1. The number of hydrogen-bond acceptors (Lipinski definition) is 4. The number of nitrogens with two attached hydrogens (primary N) is 1. The highest BCUT2D eigenvalue weighted by Crippen LogP contribution is 2.28. The van der Waals surface area contributed by atoms with Crippen LogP contribution in [0.5, 0.6) is 0 Å². The fraction of sp³-hybridized carbons (Fsp3) is 0.600. The van der Waals surface area contributed by atoms with E-state index in [9.17, 15) is 0 Å². The van der Waals surface area contributed by atoms with Gasteiger partial charge >= 0.3 is 0 Å². The predicted molar refractivity (Wildman–Crippen MR) is 75.6 cm³/mol. The largest absolute Gasteiger partial charge is 0.373 e. The second-order valence-corrected chi connectivity index (χ2v) is 5.72. The van der Waals surface area contributed by atoms with E-state index in [1.807, 2.05) is 0 Å². The third-order valence-corrected chi connectivity index (χ3v) is 4.37. The molecular formula is C15H23N3O. The van der Waals surface area contributed by atoms with Gasteiger partial charge in [0, 0.05) is 12.6 Å². The van der Waals surface area contributed by atoms with E-state index in [0.29, 0.717) is 6.04 Å². The molecule has 3 N–H and O–H groups in total. The third kappa shape index (κ3) is 2.67. The summed E-state index contributed by atoms with van der Waals surface area (Å²) in [5, 5.41) is 0. The summed E-state index contributed by atoms with van der Waals surface area (Å²) in [5.41, 5.74) is 5.41. The summed E-state index contributed by atoms with van der Waals surface area (Å²) in [6, 6.07) is 9.20. The number of hydrogen-bond donors (Lipinski definition) is 2. The molecule has 3 unspecified atom stereocenters. The van der Waals surface area contributed by atoms with Gasteiger partial charge in [0.2, 0.25) is 0 Å². The van der Waals surface area contributed by atoms with Gasteiger partial charge in [-0.25, -0.2) is 0 Å². The third-order valence-electron chi connectivity index (χ3n) is 4.37. The summed E-state index contributed by atoms with van der Waals surface area (Å²) in [6.45, 7) is 5.13. The highest BCUT2D eigenvalue weighted by atomic mass is 16.5. The van der Waals surface area contributed by atoms with Crippen LogP contribution in [0, 0.1) is 6.92 Å². The second-order valence-electron chi connectivity index (χ2n) is 5.72. The van der Waals surface area contributed by atoms with Crippen molar-refractivity contribution in [1.82, 2.24) is 10.3 Å². The van der Waals surface area contributed by atoms with Crippen LogP contribution in [0.4, 0.5) is 0 Å². The number of morpholine rings is 1. The number of aryl methyl sites for hydroxylation is 1. The van der Waals surface area contributed by atoms with Gasteiger partial charge in [0.15, 0.2) is 0 Å². The Morgan fingerprint density at radius 3 is 3.16 bits per heavy atom. The Morgan fingerprint density at radius 2 is 2.37 bits per heavy atom. The first-order chi connectivity index (χ1) is 9.28. The number of hydrazine groups is 1. The maximum Gasteiger partial charge on any atom is 0.0910 e. The minimum absolute atomic E-state index is 0.0708. The molecule has 0 spiro atoms. The molecule has 2 aliphatic rings. The van der Waals surface area contributed by atoms with Gasteiger partial charge in [-0.2, -0.15) is 0 Å². The van der Waals surface area contributed by atoms with Crippen molar-refractivity contribution in [3.8, 4) is 0 Å². The van der Waals surface area contributed by atoms with Crippen molar-refractivity contribution in [2.45, 2.75) is 38.0 Å². The lowest BCUT2D eigenvalue weighted by molar-refractivity contribution is -0.0653. The van der Waals surface area contributed by atoms with E-state index in [4.69, 9.17) is 10.6 Å². The number of rotatable bonds is 3. The lowest BCUT2D eigenvalue weighted by Crippen LogP contribution is -2.51. The van der Waals surface area contributed by atoms with Crippen molar-refractivity contribution < 1.29 is 4.74 Å². The van der Waals surface area contributed by atoms with Gasteiger partial charge in [0.05, 0.1) is 18.8 Å². The molecule has 0 aliphatic carbocycles. The summed E-state index contributed by atoms with van der Waals surface area (Å²) in [5.74, 6) is 5.77. The molecule has 0 saturated carbocycles. The average Bonchev–Trinajstić information content (AvgIpc) is 2.87. The van der Waals surface area contributed by atoms with Gasteiger partial charge in [-0.1, -0.05) is 29.8 Å². The first-order valence-corrected chi connectivity index (χ1v) is 7.16. The van der Waals surface area contributed by atoms with Gasteiger partial charge < -0.3 is 4.74 Å². The lowest BCUT2D eigenvalue weighted by Gasteiger charge is -2.38. The van der Waals surface area contributed by atoms with E-state index < -0.39 is 0 Å². The molecule has 4 nitrogen and oxygen atoms in total. The molecule has 1 aromatic carbocycles. The maximum absolute atomic E-state index is 6.06. The van der Waals surface area contributed by atoms with Gasteiger partial charge in [0.25, 0.3) is 0 Å². The zero-order valence-corrected chi connectivity index (χ0v) is 11.5. The van der Waals surface area contributed by atoms with E-state index in [0.717, 1.165) is 13.2 Å². The molecule has 0 bridgehead atoms. The number of ether oxygens (including phenoxy) is 1. The van der Waals surface area contributed by atoms with Crippen LogP contribution in [0.1, 0.15) is 30.0 Å². The molecule has 104 valence electrons.